The van der Waals surface area contributed by atoms with Crippen LogP contribution >= 0.6 is 11.6 Å². The number of nitrogen functional groups attached to an aromatic ring is 1. The average molecular weight is 302 g/mol. The van der Waals surface area contributed by atoms with E-state index in [-0.39, 0.29) is 6.04 Å². The van der Waals surface area contributed by atoms with Crippen LogP contribution in [0.3, 0.4) is 0 Å². The molecule has 0 saturated heterocycles. The predicted molar refractivity (Wildman–Crippen MR) is 85.5 cm³/mol. The smallest absolute Gasteiger partial charge is 0.250 e. The number of carbonyl (C=O) groups excluding carboxylic acids is 1. The molecule has 0 bridgehead atoms. The summed E-state index contributed by atoms with van der Waals surface area (Å²) in [6.45, 7) is 0. The maximum Gasteiger partial charge on any atom is 0.250 e. The average Bonchev–Trinajstić information content (AvgIpc) is 2.81. The summed E-state index contributed by atoms with van der Waals surface area (Å²) in [7, 11) is 0. The third-order valence-electron chi connectivity index (χ3n) is 3.82. The second kappa shape index (κ2) is 5.30. The van der Waals surface area contributed by atoms with Crippen LogP contribution in [0, 0.1) is 0 Å². The van der Waals surface area contributed by atoms with Crippen LogP contribution in [0.15, 0.2) is 36.4 Å². The Kier molecular flexibility index (Phi) is 3.47. The Bertz CT molecular complexity index is 715. The molecule has 2 aromatic carbocycles. The lowest BCUT2D eigenvalue weighted by Gasteiger charge is -2.18. The molecular weight excluding hydrogens is 286 g/mol. The van der Waals surface area contributed by atoms with Crippen LogP contribution in [0.25, 0.3) is 0 Å². The van der Waals surface area contributed by atoms with Crippen LogP contribution in [0.4, 0.5) is 11.4 Å². The van der Waals surface area contributed by atoms with Gasteiger partial charge in [-0.1, -0.05) is 17.7 Å². The quantitative estimate of drug-likeness (QED) is 0.762. The van der Waals surface area contributed by atoms with E-state index in [0.717, 1.165) is 18.5 Å². The highest BCUT2D eigenvalue weighted by atomic mass is 35.5. The maximum atomic E-state index is 11.5. The minimum absolute atomic E-state index is 0.136. The number of carbonyl (C=O) groups is 1. The van der Waals surface area contributed by atoms with Gasteiger partial charge in [-0.3, -0.25) is 4.79 Å². The molecule has 0 radical (unpaired) electrons. The first-order valence-corrected chi connectivity index (χ1v) is 7.16. The Hall–Kier alpha value is -2.20. The van der Waals surface area contributed by atoms with Gasteiger partial charge in [0.05, 0.1) is 11.6 Å². The van der Waals surface area contributed by atoms with E-state index in [2.05, 4.69) is 5.32 Å². The highest BCUT2D eigenvalue weighted by Gasteiger charge is 2.23. The third kappa shape index (κ3) is 2.67. The van der Waals surface area contributed by atoms with Gasteiger partial charge >= 0.3 is 0 Å². The van der Waals surface area contributed by atoms with Crippen molar-refractivity contribution in [1.82, 2.24) is 0 Å². The molecule has 4 nitrogen and oxygen atoms in total. The topological polar surface area (TPSA) is 81.1 Å². The van der Waals surface area contributed by atoms with E-state index in [1.54, 1.807) is 18.2 Å². The first-order valence-electron chi connectivity index (χ1n) is 6.79. The Labute approximate surface area is 128 Å². The van der Waals surface area contributed by atoms with Crippen LogP contribution in [-0.2, 0) is 6.42 Å². The van der Waals surface area contributed by atoms with Crippen molar-refractivity contribution in [3.05, 3.63) is 58.1 Å². The second-order valence-corrected chi connectivity index (χ2v) is 5.68. The molecule has 0 spiro atoms. The van der Waals surface area contributed by atoms with Gasteiger partial charge < -0.3 is 16.8 Å². The van der Waals surface area contributed by atoms with Gasteiger partial charge in [0, 0.05) is 16.4 Å². The number of primary amides is 1. The Morgan fingerprint density at radius 3 is 2.81 bits per heavy atom. The minimum atomic E-state index is -0.468. The largest absolute Gasteiger partial charge is 0.399 e. The predicted octanol–water partition coefficient (Wildman–Crippen LogP) is 3.12. The van der Waals surface area contributed by atoms with Crippen LogP contribution in [-0.4, -0.2) is 5.91 Å². The minimum Gasteiger partial charge on any atom is -0.399 e. The van der Waals surface area contributed by atoms with Crippen molar-refractivity contribution >= 4 is 28.9 Å². The normalized spacial score (nSPS) is 16.5. The Balaban J connectivity index is 1.93. The van der Waals surface area contributed by atoms with Crippen LogP contribution in [0.2, 0.25) is 5.02 Å². The summed E-state index contributed by atoms with van der Waals surface area (Å²) in [5, 5.41) is 3.95. The van der Waals surface area contributed by atoms with Gasteiger partial charge in [-0.25, -0.2) is 0 Å². The van der Waals surface area contributed by atoms with E-state index >= 15 is 0 Å². The molecule has 0 fully saturated rings. The van der Waals surface area contributed by atoms with E-state index in [1.807, 2.05) is 18.2 Å². The molecule has 1 amide bonds. The van der Waals surface area contributed by atoms with Crippen LogP contribution in [0.1, 0.15) is 33.9 Å². The molecule has 1 aliphatic carbocycles. The standard InChI is InChI=1S/C16H16ClN3O/c17-10-2-4-13(16(19)21)15(8-10)20-14-6-1-9-7-11(18)3-5-12(9)14/h2-5,7-8,14,20H,1,6,18H2,(H2,19,21). The molecule has 1 aliphatic rings. The first kappa shape index (κ1) is 13.8. The summed E-state index contributed by atoms with van der Waals surface area (Å²) >= 11 is 6.02. The molecule has 5 heteroatoms. The van der Waals surface area contributed by atoms with Crippen molar-refractivity contribution in [3.8, 4) is 0 Å². The SMILES string of the molecule is NC(=O)c1ccc(Cl)cc1NC1CCc2cc(N)ccc21. The number of aryl methyl sites for hydroxylation is 1. The number of anilines is 2. The number of amides is 1. The number of halogens is 1. The van der Waals surface area contributed by atoms with E-state index in [4.69, 9.17) is 23.1 Å². The lowest BCUT2D eigenvalue weighted by molar-refractivity contribution is 0.100. The molecule has 108 valence electrons. The monoisotopic (exact) mass is 301 g/mol. The number of fused-ring (bicyclic) bond motifs is 1. The van der Waals surface area contributed by atoms with Gasteiger partial charge in [-0.2, -0.15) is 0 Å². The van der Waals surface area contributed by atoms with Gasteiger partial charge in [0.1, 0.15) is 0 Å². The fourth-order valence-corrected chi connectivity index (χ4v) is 3.00. The zero-order chi connectivity index (χ0) is 15.0. The fraction of sp³-hybridized carbons (Fsp3) is 0.188. The molecule has 0 aliphatic heterocycles. The number of hydrogen-bond donors (Lipinski definition) is 3. The Morgan fingerprint density at radius 1 is 1.24 bits per heavy atom. The molecule has 0 heterocycles. The van der Waals surface area contributed by atoms with Crippen LogP contribution in [0.5, 0.6) is 0 Å². The summed E-state index contributed by atoms with van der Waals surface area (Å²) in [5.74, 6) is -0.468. The van der Waals surface area contributed by atoms with Crippen LogP contribution < -0.4 is 16.8 Å². The number of rotatable bonds is 3. The van der Waals surface area contributed by atoms with Gasteiger partial charge in [0.2, 0.25) is 0 Å². The third-order valence-corrected chi connectivity index (χ3v) is 4.06. The fourth-order valence-electron chi connectivity index (χ4n) is 2.83. The molecule has 3 rings (SSSR count). The lowest BCUT2D eigenvalue weighted by Crippen LogP contribution is -2.16. The highest BCUT2D eigenvalue weighted by Crippen LogP contribution is 2.36. The van der Waals surface area contributed by atoms with Gasteiger partial charge in [0.25, 0.3) is 5.91 Å². The molecule has 0 saturated carbocycles. The van der Waals surface area contributed by atoms with Crippen molar-refractivity contribution in [2.24, 2.45) is 5.73 Å². The molecule has 5 N–H and O–H groups in total. The van der Waals surface area contributed by atoms with Gasteiger partial charge in [-0.05, 0) is 54.3 Å². The molecule has 2 aromatic rings. The van der Waals surface area contributed by atoms with Gasteiger partial charge in [-0.15, -0.1) is 0 Å². The molecule has 1 atom stereocenters. The zero-order valence-electron chi connectivity index (χ0n) is 11.4. The van der Waals surface area contributed by atoms with Crippen molar-refractivity contribution in [2.75, 3.05) is 11.1 Å². The van der Waals surface area contributed by atoms with Crippen molar-refractivity contribution in [3.63, 3.8) is 0 Å². The zero-order valence-corrected chi connectivity index (χ0v) is 12.2. The Morgan fingerprint density at radius 2 is 2.05 bits per heavy atom. The van der Waals surface area contributed by atoms with E-state index in [9.17, 15) is 4.79 Å². The van der Waals surface area contributed by atoms with E-state index in [0.29, 0.717) is 16.3 Å². The summed E-state index contributed by atoms with van der Waals surface area (Å²) in [4.78, 5) is 11.5. The summed E-state index contributed by atoms with van der Waals surface area (Å²) < 4.78 is 0. The molecule has 0 aromatic heterocycles. The highest BCUT2D eigenvalue weighted by molar-refractivity contribution is 6.31. The number of nitrogens with two attached hydrogens (primary N) is 2. The molecule has 1 unspecified atom stereocenters. The van der Waals surface area contributed by atoms with E-state index < -0.39 is 5.91 Å². The summed E-state index contributed by atoms with van der Waals surface area (Å²) in [6, 6.07) is 11.1. The van der Waals surface area contributed by atoms with Crippen molar-refractivity contribution < 1.29 is 4.79 Å². The molecular formula is C16H16ClN3O. The van der Waals surface area contributed by atoms with E-state index in [1.165, 1.54) is 11.1 Å². The number of nitrogens with one attached hydrogen (secondary N) is 1. The van der Waals surface area contributed by atoms with Gasteiger partial charge in [0.15, 0.2) is 0 Å². The van der Waals surface area contributed by atoms with Crippen molar-refractivity contribution in [2.45, 2.75) is 18.9 Å². The summed E-state index contributed by atoms with van der Waals surface area (Å²) in [5.41, 5.74) is 15.6. The lowest BCUT2D eigenvalue weighted by atomic mass is 10.1. The number of benzene rings is 2. The second-order valence-electron chi connectivity index (χ2n) is 5.25. The summed E-state index contributed by atoms with van der Waals surface area (Å²) in [6.07, 6.45) is 1.91. The van der Waals surface area contributed by atoms with Crippen molar-refractivity contribution in [1.29, 1.82) is 0 Å². The first-order chi connectivity index (χ1) is 10.0. The number of hydrogen-bond acceptors (Lipinski definition) is 3. The molecule has 21 heavy (non-hydrogen) atoms. The maximum absolute atomic E-state index is 11.5.